The third-order valence-electron chi connectivity index (χ3n) is 6.62. The number of aromatic nitrogens is 2. The van der Waals surface area contributed by atoms with Crippen LogP contribution in [0.25, 0.3) is 0 Å². The van der Waals surface area contributed by atoms with Crippen LogP contribution >= 0.6 is 11.8 Å². The lowest BCUT2D eigenvalue weighted by molar-refractivity contribution is 0.197. The number of rotatable bonds is 3. The first-order valence-corrected chi connectivity index (χ1v) is 11.3. The standard InChI is InChI=1S/C23H32N4S/c1-22(2,3)17-6-8-18(9-7-17)28-21-16-25-20(15-26-21)27-13-11-23(12-14-27)10-4-5-19(23)24/h6-9,15-16,19H,4-5,10-14,24H2,1-3H3/t19-/m0/s1. The number of piperidine rings is 1. The minimum atomic E-state index is 0.181. The monoisotopic (exact) mass is 396 g/mol. The Morgan fingerprint density at radius 3 is 2.29 bits per heavy atom. The molecule has 0 radical (unpaired) electrons. The molecule has 1 spiro atoms. The third kappa shape index (κ3) is 4.06. The molecular formula is C23H32N4S. The van der Waals surface area contributed by atoms with Gasteiger partial charge in [-0.2, -0.15) is 0 Å². The number of hydrogen-bond acceptors (Lipinski definition) is 5. The van der Waals surface area contributed by atoms with E-state index < -0.39 is 0 Å². The Kier molecular flexibility index (Phi) is 5.41. The first-order chi connectivity index (χ1) is 13.4. The Morgan fingerprint density at radius 2 is 1.75 bits per heavy atom. The molecule has 1 saturated heterocycles. The van der Waals surface area contributed by atoms with Crippen LogP contribution in [0.1, 0.15) is 58.4 Å². The minimum Gasteiger partial charge on any atom is -0.355 e. The van der Waals surface area contributed by atoms with Gasteiger partial charge >= 0.3 is 0 Å². The second-order valence-electron chi connectivity index (χ2n) is 9.44. The van der Waals surface area contributed by atoms with Crippen LogP contribution in [0.5, 0.6) is 0 Å². The van der Waals surface area contributed by atoms with Crippen LogP contribution < -0.4 is 10.6 Å². The highest BCUT2D eigenvalue weighted by molar-refractivity contribution is 7.99. The molecule has 1 aromatic heterocycles. The summed E-state index contributed by atoms with van der Waals surface area (Å²) in [4.78, 5) is 12.9. The molecule has 2 N–H and O–H groups in total. The molecule has 4 rings (SSSR count). The summed E-state index contributed by atoms with van der Waals surface area (Å²) < 4.78 is 0. The van der Waals surface area contributed by atoms with E-state index in [9.17, 15) is 0 Å². The van der Waals surface area contributed by atoms with E-state index in [1.807, 2.05) is 12.4 Å². The maximum atomic E-state index is 6.41. The Balaban J connectivity index is 1.37. The molecule has 5 heteroatoms. The van der Waals surface area contributed by atoms with Crippen molar-refractivity contribution in [3.8, 4) is 0 Å². The summed E-state index contributed by atoms with van der Waals surface area (Å²) in [5.74, 6) is 0.994. The molecule has 1 aliphatic heterocycles. The molecule has 1 aromatic carbocycles. The quantitative estimate of drug-likeness (QED) is 0.789. The molecular weight excluding hydrogens is 364 g/mol. The Labute approximate surface area is 173 Å². The van der Waals surface area contributed by atoms with Gasteiger partial charge in [-0.15, -0.1) is 0 Å². The molecule has 2 heterocycles. The lowest BCUT2D eigenvalue weighted by Gasteiger charge is -2.42. The molecule has 2 fully saturated rings. The SMILES string of the molecule is CC(C)(C)c1ccc(Sc2cnc(N3CCC4(CCC[C@@H]4N)CC3)cn2)cc1. The van der Waals surface area contributed by atoms with Crippen molar-refractivity contribution < 1.29 is 0 Å². The number of hydrogen-bond donors (Lipinski definition) is 1. The summed E-state index contributed by atoms with van der Waals surface area (Å²) in [6, 6.07) is 9.16. The van der Waals surface area contributed by atoms with Gasteiger partial charge in [0.05, 0.1) is 12.4 Å². The molecule has 1 saturated carbocycles. The summed E-state index contributed by atoms with van der Waals surface area (Å²) in [7, 11) is 0. The van der Waals surface area contributed by atoms with Gasteiger partial charge in [-0.3, -0.25) is 0 Å². The van der Waals surface area contributed by atoms with E-state index in [-0.39, 0.29) is 5.41 Å². The van der Waals surface area contributed by atoms with E-state index >= 15 is 0 Å². The van der Waals surface area contributed by atoms with Crippen molar-refractivity contribution in [3.63, 3.8) is 0 Å². The fourth-order valence-corrected chi connectivity index (χ4v) is 5.36. The fourth-order valence-electron chi connectivity index (χ4n) is 4.64. The van der Waals surface area contributed by atoms with E-state index in [0.717, 1.165) is 23.9 Å². The highest BCUT2D eigenvalue weighted by Crippen LogP contribution is 2.45. The second-order valence-corrected chi connectivity index (χ2v) is 10.5. The average Bonchev–Trinajstić information content (AvgIpc) is 3.03. The van der Waals surface area contributed by atoms with E-state index in [1.54, 1.807) is 11.8 Å². The Bertz CT molecular complexity index is 787. The van der Waals surface area contributed by atoms with Crippen LogP contribution in [0.3, 0.4) is 0 Å². The van der Waals surface area contributed by atoms with Crippen molar-refractivity contribution in [1.29, 1.82) is 0 Å². The molecule has 4 nitrogen and oxygen atoms in total. The second kappa shape index (κ2) is 7.68. The van der Waals surface area contributed by atoms with Gasteiger partial charge in [0.2, 0.25) is 0 Å². The first-order valence-electron chi connectivity index (χ1n) is 10.5. The highest BCUT2D eigenvalue weighted by atomic mass is 32.2. The Morgan fingerprint density at radius 1 is 1.04 bits per heavy atom. The lowest BCUT2D eigenvalue weighted by Crippen LogP contribution is -2.47. The molecule has 1 aliphatic carbocycles. The van der Waals surface area contributed by atoms with Gasteiger partial charge in [0.25, 0.3) is 0 Å². The fraction of sp³-hybridized carbons (Fsp3) is 0.565. The summed E-state index contributed by atoms with van der Waals surface area (Å²) in [5, 5.41) is 0.943. The van der Waals surface area contributed by atoms with E-state index in [1.165, 1.54) is 42.6 Å². The highest BCUT2D eigenvalue weighted by Gasteiger charge is 2.42. The largest absolute Gasteiger partial charge is 0.355 e. The van der Waals surface area contributed by atoms with Crippen molar-refractivity contribution in [2.75, 3.05) is 18.0 Å². The number of anilines is 1. The topological polar surface area (TPSA) is 55.0 Å². The number of benzene rings is 1. The third-order valence-corrected chi connectivity index (χ3v) is 7.54. The predicted octanol–water partition coefficient (Wildman–Crippen LogP) is 5.02. The molecule has 0 amide bonds. The first kappa shape index (κ1) is 19.7. The summed E-state index contributed by atoms with van der Waals surface area (Å²) in [5.41, 5.74) is 8.32. The summed E-state index contributed by atoms with van der Waals surface area (Å²) >= 11 is 1.67. The predicted molar refractivity (Wildman–Crippen MR) is 117 cm³/mol. The number of nitrogens with two attached hydrogens (primary N) is 1. The van der Waals surface area contributed by atoms with E-state index in [2.05, 4.69) is 54.9 Å². The van der Waals surface area contributed by atoms with Crippen molar-refractivity contribution >= 4 is 17.6 Å². The van der Waals surface area contributed by atoms with E-state index in [4.69, 9.17) is 10.7 Å². The lowest BCUT2D eigenvalue weighted by atomic mass is 9.74. The molecule has 2 aromatic rings. The van der Waals surface area contributed by atoms with Crippen molar-refractivity contribution in [1.82, 2.24) is 9.97 Å². The molecule has 0 bridgehead atoms. The van der Waals surface area contributed by atoms with Gasteiger partial charge in [-0.05, 0) is 54.2 Å². The van der Waals surface area contributed by atoms with Crippen LogP contribution in [-0.2, 0) is 5.41 Å². The van der Waals surface area contributed by atoms with Crippen LogP contribution in [0, 0.1) is 5.41 Å². The van der Waals surface area contributed by atoms with Crippen molar-refractivity contribution in [2.24, 2.45) is 11.1 Å². The van der Waals surface area contributed by atoms with Gasteiger partial charge in [-0.1, -0.05) is 51.1 Å². The molecule has 2 aliphatic rings. The van der Waals surface area contributed by atoms with Crippen molar-refractivity contribution in [3.05, 3.63) is 42.2 Å². The van der Waals surface area contributed by atoms with Crippen LogP contribution in [0.2, 0.25) is 0 Å². The van der Waals surface area contributed by atoms with Gasteiger partial charge in [-0.25, -0.2) is 9.97 Å². The average molecular weight is 397 g/mol. The van der Waals surface area contributed by atoms with Gasteiger partial charge in [0, 0.05) is 24.0 Å². The normalized spacial score (nSPS) is 22.0. The molecule has 1 atom stereocenters. The maximum absolute atomic E-state index is 6.41. The zero-order chi connectivity index (χ0) is 19.8. The summed E-state index contributed by atoms with van der Waals surface area (Å²) in [6.45, 7) is 8.80. The maximum Gasteiger partial charge on any atom is 0.147 e. The smallest absolute Gasteiger partial charge is 0.147 e. The minimum absolute atomic E-state index is 0.181. The molecule has 0 unspecified atom stereocenters. The van der Waals surface area contributed by atoms with Crippen LogP contribution in [-0.4, -0.2) is 29.1 Å². The van der Waals surface area contributed by atoms with Gasteiger partial charge in [0.1, 0.15) is 10.8 Å². The number of nitrogens with zero attached hydrogens (tertiary/aromatic N) is 3. The van der Waals surface area contributed by atoms with Gasteiger partial charge < -0.3 is 10.6 Å². The van der Waals surface area contributed by atoms with Gasteiger partial charge in [0.15, 0.2) is 0 Å². The van der Waals surface area contributed by atoms with Crippen molar-refractivity contribution in [2.45, 2.75) is 74.3 Å². The van der Waals surface area contributed by atoms with E-state index in [0.29, 0.717) is 11.5 Å². The molecule has 150 valence electrons. The zero-order valence-corrected chi connectivity index (χ0v) is 18.1. The molecule has 28 heavy (non-hydrogen) atoms. The Hall–Kier alpha value is -1.59. The summed E-state index contributed by atoms with van der Waals surface area (Å²) in [6.07, 6.45) is 10.0. The van der Waals surface area contributed by atoms with Crippen LogP contribution in [0.4, 0.5) is 5.82 Å². The zero-order valence-electron chi connectivity index (χ0n) is 17.3. The van der Waals surface area contributed by atoms with Crippen LogP contribution in [0.15, 0.2) is 46.6 Å².